The van der Waals surface area contributed by atoms with Gasteiger partial charge in [-0.15, -0.1) is 0 Å². The van der Waals surface area contributed by atoms with Gasteiger partial charge in [0.25, 0.3) is 0 Å². The third-order valence-corrected chi connectivity index (χ3v) is 7.33. The molecule has 0 saturated heterocycles. The molecule has 1 unspecified atom stereocenters. The first-order valence-electron chi connectivity index (χ1n) is 17.0. The van der Waals surface area contributed by atoms with Crippen LogP contribution in [0.2, 0.25) is 0 Å². The van der Waals surface area contributed by atoms with Gasteiger partial charge in [0.15, 0.2) is 0 Å². The van der Waals surface area contributed by atoms with Crippen molar-refractivity contribution in [3.63, 3.8) is 0 Å². The predicted octanol–water partition coefficient (Wildman–Crippen LogP) is 11.4. The van der Waals surface area contributed by atoms with E-state index in [0.717, 1.165) is 77.0 Å². The van der Waals surface area contributed by atoms with Crippen LogP contribution in [0.4, 0.5) is 0 Å². The Morgan fingerprint density at radius 3 is 1.68 bits per heavy atom. The fourth-order valence-electron chi connectivity index (χ4n) is 4.79. The molecule has 0 heterocycles. The highest BCUT2D eigenvalue weighted by Crippen LogP contribution is 2.17. The Bertz CT molecular complexity index is 649. The van der Waals surface area contributed by atoms with Gasteiger partial charge in [-0.25, -0.2) is 0 Å². The zero-order valence-electron chi connectivity index (χ0n) is 26.4. The van der Waals surface area contributed by atoms with E-state index in [1.165, 1.54) is 70.6 Å². The molecule has 0 radical (unpaired) electrons. The molecular weight excluding hydrogens is 496 g/mol. The van der Waals surface area contributed by atoms with E-state index in [9.17, 15) is 9.59 Å². The van der Waals surface area contributed by atoms with Gasteiger partial charge in [0.1, 0.15) is 6.10 Å². The van der Waals surface area contributed by atoms with Gasteiger partial charge in [0, 0.05) is 12.8 Å². The SMILES string of the molecule is CCCC/C=C\CCCCCCCC(=O)OC(CCC/C=C\C/C=C\CCCCC)CCCCCCCC(=O)O. The number of rotatable bonds is 30. The van der Waals surface area contributed by atoms with Crippen LogP contribution in [0.1, 0.15) is 174 Å². The zero-order chi connectivity index (χ0) is 29.4. The third-order valence-electron chi connectivity index (χ3n) is 7.33. The maximum Gasteiger partial charge on any atom is 0.306 e. The first-order valence-corrected chi connectivity index (χ1v) is 17.0. The second kappa shape index (κ2) is 31.7. The van der Waals surface area contributed by atoms with Crippen molar-refractivity contribution in [3.05, 3.63) is 36.5 Å². The minimum absolute atomic E-state index is 0.0119. The molecule has 0 aliphatic heterocycles. The molecule has 0 saturated carbocycles. The summed E-state index contributed by atoms with van der Waals surface area (Å²) in [5.41, 5.74) is 0. The molecule has 232 valence electrons. The molecule has 4 nitrogen and oxygen atoms in total. The van der Waals surface area contributed by atoms with Gasteiger partial charge in [-0.3, -0.25) is 9.59 Å². The molecule has 4 heteroatoms. The fourth-order valence-corrected chi connectivity index (χ4v) is 4.79. The average molecular weight is 561 g/mol. The highest BCUT2D eigenvalue weighted by Gasteiger charge is 2.14. The monoisotopic (exact) mass is 560 g/mol. The fraction of sp³-hybridized carbons (Fsp3) is 0.778. The summed E-state index contributed by atoms with van der Waals surface area (Å²) in [6.07, 6.45) is 40.0. The summed E-state index contributed by atoms with van der Waals surface area (Å²) in [4.78, 5) is 23.2. The molecule has 0 aliphatic carbocycles. The number of carbonyl (C=O) groups excluding carboxylic acids is 1. The summed E-state index contributed by atoms with van der Waals surface area (Å²) in [6, 6.07) is 0. The topological polar surface area (TPSA) is 63.6 Å². The van der Waals surface area contributed by atoms with Crippen LogP contribution < -0.4 is 0 Å². The number of carboxylic acid groups (broad SMARTS) is 1. The van der Waals surface area contributed by atoms with Gasteiger partial charge in [0.2, 0.25) is 0 Å². The van der Waals surface area contributed by atoms with Crippen LogP contribution in [0.3, 0.4) is 0 Å². The minimum atomic E-state index is -0.709. The van der Waals surface area contributed by atoms with Crippen molar-refractivity contribution in [2.45, 2.75) is 180 Å². The smallest absolute Gasteiger partial charge is 0.306 e. The number of aliphatic carboxylic acids is 1. The molecule has 1 atom stereocenters. The van der Waals surface area contributed by atoms with E-state index in [-0.39, 0.29) is 18.5 Å². The maximum absolute atomic E-state index is 12.5. The molecule has 0 spiro atoms. The van der Waals surface area contributed by atoms with E-state index < -0.39 is 5.97 Å². The summed E-state index contributed by atoms with van der Waals surface area (Å²) in [5, 5.41) is 8.78. The van der Waals surface area contributed by atoms with Crippen LogP contribution in [0.15, 0.2) is 36.5 Å². The summed E-state index contributed by atoms with van der Waals surface area (Å²) in [6.45, 7) is 4.47. The Kier molecular flexibility index (Phi) is 30.2. The lowest BCUT2D eigenvalue weighted by molar-refractivity contribution is -0.150. The Morgan fingerprint density at radius 2 is 1.02 bits per heavy atom. The Morgan fingerprint density at radius 1 is 0.550 bits per heavy atom. The normalized spacial score (nSPS) is 12.7. The second-order valence-electron chi connectivity index (χ2n) is 11.3. The quantitative estimate of drug-likeness (QED) is 0.0539. The van der Waals surface area contributed by atoms with Crippen molar-refractivity contribution in [2.24, 2.45) is 0 Å². The number of carbonyl (C=O) groups is 2. The molecule has 0 bridgehead atoms. The molecule has 40 heavy (non-hydrogen) atoms. The molecule has 0 fully saturated rings. The van der Waals surface area contributed by atoms with Crippen molar-refractivity contribution in [1.82, 2.24) is 0 Å². The van der Waals surface area contributed by atoms with Gasteiger partial charge in [0.05, 0.1) is 0 Å². The third kappa shape index (κ3) is 30.7. The molecule has 0 aromatic heterocycles. The van der Waals surface area contributed by atoms with Gasteiger partial charge in [-0.1, -0.05) is 115 Å². The Hall–Kier alpha value is -1.84. The van der Waals surface area contributed by atoms with Crippen LogP contribution in [-0.2, 0) is 14.3 Å². The highest BCUT2D eigenvalue weighted by molar-refractivity contribution is 5.69. The summed E-state index contributed by atoms with van der Waals surface area (Å²) in [5.74, 6) is -0.743. The van der Waals surface area contributed by atoms with Gasteiger partial charge in [-0.2, -0.15) is 0 Å². The molecule has 0 rings (SSSR count). The van der Waals surface area contributed by atoms with Crippen molar-refractivity contribution in [3.8, 4) is 0 Å². The molecule has 0 amide bonds. The number of unbranched alkanes of at least 4 members (excludes halogenated alkanes) is 15. The summed E-state index contributed by atoms with van der Waals surface area (Å²) < 4.78 is 5.93. The number of hydrogen-bond acceptors (Lipinski definition) is 3. The molecule has 0 aromatic rings. The lowest BCUT2D eigenvalue weighted by atomic mass is 10.0. The van der Waals surface area contributed by atoms with Gasteiger partial charge < -0.3 is 9.84 Å². The van der Waals surface area contributed by atoms with E-state index in [4.69, 9.17) is 9.84 Å². The predicted molar refractivity (Wildman–Crippen MR) is 172 cm³/mol. The van der Waals surface area contributed by atoms with E-state index in [1.54, 1.807) is 0 Å². The standard InChI is InChI=1S/C36H64O4/c1-3-5-7-9-11-13-15-17-19-22-26-30-34(31-27-23-21-24-28-32-35(37)38)40-36(39)33-29-25-20-18-16-14-12-10-8-6-4-2/h10-13,17,19,34H,3-9,14-16,18,20-33H2,1-2H3,(H,37,38)/b12-10-,13-11-,19-17-. The number of hydrogen-bond donors (Lipinski definition) is 1. The van der Waals surface area contributed by atoms with Crippen molar-refractivity contribution in [1.29, 1.82) is 0 Å². The number of esters is 1. The largest absolute Gasteiger partial charge is 0.481 e. The first-order chi connectivity index (χ1) is 19.6. The van der Waals surface area contributed by atoms with Crippen molar-refractivity contribution >= 4 is 11.9 Å². The van der Waals surface area contributed by atoms with Crippen LogP contribution >= 0.6 is 0 Å². The molecular formula is C36H64O4. The zero-order valence-corrected chi connectivity index (χ0v) is 26.4. The van der Waals surface area contributed by atoms with Crippen LogP contribution in [0.5, 0.6) is 0 Å². The van der Waals surface area contributed by atoms with Gasteiger partial charge >= 0.3 is 11.9 Å². The van der Waals surface area contributed by atoms with Crippen LogP contribution in [0, 0.1) is 0 Å². The summed E-state index contributed by atoms with van der Waals surface area (Å²) in [7, 11) is 0. The van der Waals surface area contributed by atoms with E-state index in [1.807, 2.05) is 0 Å². The molecule has 0 aromatic carbocycles. The van der Waals surface area contributed by atoms with Crippen molar-refractivity contribution < 1.29 is 19.4 Å². The van der Waals surface area contributed by atoms with E-state index in [0.29, 0.717) is 6.42 Å². The average Bonchev–Trinajstić information content (AvgIpc) is 2.93. The molecule has 0 aliphatic rings. The Labute approximate surface area is 248 Å². The lowest BCUT2D eigenvalue weighted by Crippen LogP contribution is -2.18. The van der Waals surface area contributed by atoms with Gasteiger partial charge in [-0.05, 0) is 83.5 Å². The van der Waals surface area contributed by atoms with Crippen molar-refractivity contribution in [2.75, 3.05) is 0 Å². The Balaban J connectivity index is 4.18. The number of allylic oxidation sites excluding steroid dienone is 6. The second-order valence-corrected chi connectivity index (χ2v) is 11.3. The van der Waals surface area contributed by atoms with Crippen LogP contribution in [-0.4, -0.2) is 23.1 Å². The first kappa shape index (κ1) is 38.2. The number of carboxylic acids is 1. The molecule has 1 N–H and O–H groups in total. The number of ether oxygens (including phenoxy) is 1. The summed E-state index contributed by atoms with van der Waals surface area (Å²) >= 11 is 0. The van der Waals surface area contributed by atoms with Crippen LogP contribution in [0.25, 0.3) is 0 Å². The van der Waals surface area contributed by atoms with E-state index in [2.05, 4.69) is 50.3 Å². The lowest BCUT2D eigenvalue weighted by Gasteiger charge is -2.18. The minimum Gasteiger partial charge on any atom is -0.481 e. The van der Waals surface area contributed by atoms with E-state index >= 15 is 0 Å². The highest BCUT2D eigenvalue weighted by atomic mass is 16.5. The maximum atomic E-state index is 12.5.